The number of benzene rings is 2. The molecule has 3 N–H and O–H groups in total. The summed E-state index contributed by atoms with van der Waals surface area (Å²) in [6.07, 6.45) is 0.287. The number of carbonyl (C=O) groups is 2. The SMILES string of the molecule is COc1ccc(S(=O)(=O)N/N=C(\C)c2ccc(NC(=O)CCCC(=O)O)cc2)c(OC)c1. The van der Waals surface area contributed by atoms with Gasteiger partial charge < -0.3 is 19.9 Å². The molecule has 2 rings (SSSR count). The van der Waals surface area contributed by atoms with E-state index in [1.807, 2.05) is 0 Å². The highest BCUT2D eigenvalue weighted by Crippen LogP contribution is 2.28. The number of carboxylic acid groups (broad SMARTS) is 1. The Morgan fingerprint density at radius 3 is 2.31 bits per heavy atom. The van der Waals surface area contributed by atoms with Crippen molar-refractivity contribution in [3.05, 3.63) is 48.0 Å². The molecule has 0 radical (unpaired) electrons. The molecule has 0 saturated carbocycles. The van der Waals surface area contributed by atoms with Gasteiger partial charge in [-0.15, -0.1) is 0 Å². The Bertz CT molecular complexity index is 1100. The van der Waals surface area contributed by atoms with Crippen molar-refractivity contribution in [2.24, 2.45) is 5.10 Å². The average molecular weight is 464 g/mol. The molecule has 0 atom stereocenters. The summed E-state index contributed by atoms with van der Waals surface area (Å²) in [5.74, 6) is -0.661. The molecule has 1 amide bonds. The number of methoxy groups -OCH3 is 2. The zero-order chi connectivity index (χ0) is 23.7. The number of amides is 1. The van der Waals surface area contributed by atoms with E-state index in [9.17, 15) is 18.0 Å². The van der Waals surface area contributed by atoms with Gasteiger partial charge in [0.2, 0.25) is 5.91 Å². The maximum Gasteiger partial charge on any atom is 0.303 e. The lowest BCUT2D eigenvalue weighted by Crippen LogP contribution is -2.20. The molecular weight excluding hydrogens is 438 g/mol. The Morgan fingerprint density at radius 1 is 1.03 bits per heavy atom. The zero-order valence-corrected chi connectivity index (χ0v) is 18.7. The molecule has 0 aliphatic rings. The molecule has 0 saturated heterocycles. The number of ether oxygens (including phenoxy) is 2. The van der Waals surface area contributed by atoms with Crippen LogP contribution in [0.1, 0.15) is 31.7 Å². The fraction of sp³-hybridized carbons (Fsp3) is 0.286. The molecule has 2 aromatic carbocycles. The molecule has 0 aromatic heterocycles. The molecule has 0 unspecified atom stereocenters. The molecule has 0 heterocycles. The molecule has 2 aromatic rings. The molecule has 0 aliphatic heterocycles. The van der Waals surface area contributed by atoms with Gasteiger partial charge in [0.1, 0.15) is 16.4 Å². The van der Waals surface area contributed by atoms with Crippen LogP contribution in [0.25, 0.3) is 0 Å². The summed E-state index contributed by atoms with van der Waals surface area (Å²) >= 11 is 0. The van der Waals surface area contributed by atoms with Crippen LogP contribution < -0.4 is 19.6 Å². The van der Waals surface area contributed by atoms with Gasteiger partial charge in [0.25, 0.3) is 10.0 Å². The number of hydrazone groups is 1. The summed E-state index contributed by atoms with van der Waals surface area (Å²) in [7, 11) is -1.17. The molecule has 0 fully saturated rings. The van der Waals surface area contributed by atoms with E-state index in [0.717, 1.165) is 0 Å². The third kappa shape index (κ3) is 6.98. The smallest absolute Gasteiger partial charge is 0.303 e. The standard InChI is InChI=1S/C21H25N3O7S/c1-14(15-7-9-16(10-8-15)22-20(25)5-4-6-21(26)27)23-24-32(28,29)19-12-11-17(30-2)13-18(19)31-3/h7-13,24H,4-6H2,1-3H3,(H,22,25)(H,26,27)/b23-14+. The van der Waals surface area contributed by atoms with Gasteiger partial charge in [-0.05, 0) is 43.2 Å². The molecule has 172 valence electrons. The lowest BCUT2D eigenvalue weighted by atomic mass is 10.1. The minimum atomic E-state index is -3.99. The van der Waals surface area contributed by atoms with E-state index in [4.69, 9.17) is 14.6 Å². The van der Waals surface area contributed by atoms with Crippen LogP contribution >= 0.6 is 0 Å². The van der Waals surface area contributed by atoms with Gasteiger partial charge in [-0.25, -0.2) is 0 Å². The fourth-order valence-electron chi connectivity index (χ4n) is 2.66. The van der Waals surface area contributed by atoms with Crippen molar-refractivity contribution in [2.45, 2.75) is 31.1 Å². The van der Waals surface area contributed by atoms with E-state index >= 15 is 0 Å². The van der Waals surface area contributed by atoms with Gasteiger partial charge in [0, 0.05) is 24.6 Å². The van der Waals surface area contributed by atoms with Crippen LogP contribution in [0.2, 0.25) is 0 Å². The summed E-state index contributed by atoms with van der Waals surface area (Å²) in [4.78, 5) is 24.4. The summed E-state index contributed by atoms with van der Waals surface area (Å²) in [6.45, 7) is 1.63. The van der Waals surface area contributed by atoms with Crippen LogP contribution in [0.3, 0.4) is 0 Å². The number of carbonyl (C=O) groups excluding carboxylic acids is 1. The van der Waals surface area contributed by atoms with E-state index in [1.165, 1.54) is 32.4 Å². The summed E-state index contributed by atoms with van der Waals surface area (Å²) in [5, 5.41) is 15.2. The zero-order valence-electron chi connectivity index (χ0n) is 17.9. The average Bonchev–Trinajstić information content (AvgIpc) is 2.77. The quantitative estimate of drug-likeness (QED) is 0.343. The fourth-order valence-corrected chi connectivity index (χ4v) is 3.67. The summed E-state index contributed by atoms with van der Waals surface area (Å²) < 4.78 is 35.5. The monoisotopic (exact) mass is 463 g/mol. The summed E-state index contributed by atoms with van der Waals surface area (Å²) in [5.41, 5.74) is 1.57. The van der Waals surface area contributed by atoms with Crippen LogP contribution in [0.5, 0.6) is 11.5 Å². The second-order valence-corrected chi connectivity index (χ2v) is 8.31. The Balaban J connectivity index is 2.05. The molecule has 32 heavy (non-hydrogen) atoms. The van der Waals surface area contributed by atoms with Crippen LogP contribution in [0.4, 0.5) is 5.69 Å². The van der Waals surface area contributed by atoms with Crippen molar-refractivity contribution >= 4 is 33.3 Å². The molecule has 0 bridgehead atoms. The number of hydrogen-bond acceptors (Lipinski definition) is 7. The van der Waals surface area contributed by atoms with Gasteiger partial charge in [0.15, 0.2) is 0 Å². The number of carboxylic acids is 1. The van der Waals surface area contributed by atoms with E-state index in [0.29, 0.717) is 22.7 Å². The lowest BCUT2D eigenvalue weighted by Gasteiger charge is -2.11. The Kier molecular flexibility index (Phi) is 8.59. The second kappa shape index (κ2) is 11.1. The van der Waals surface area contributed by atoms with Crippen LogP contribution in [-0.2, 0) is 19.6 Å². The van der Waals surface area contributed by atoms with Gasteiger partial charge in [0.05, 0.1) is 19.9 Å². The molecule has 10 nitrogen and oxygen atoms in total. The number of sulfonamides is 1. The van der Waals surface area contributed by atoms with Crippen LogP contribution in [0, 0.1) is 0 Å². The minimum Gasteiger partial charge on any atom is -0.497 e. The number of anilines is 1. The largest absolute Gasteiger partial charge is 0.497 e. The molecule has 11 heteroatoms. The van der Waals surface area contributed by atoms with Gasteiger partial charge in [-0.3, -0.25) is 9.59 Å². The van der Waals surface area contributed by atoms with Crippen LogP contribution in [-0.4, -0.2) is 45.3 Å². The van der Waals surface area contributed by atoms with Gasteiger partial charge in [-0.1, -0.05) is 12.1 Å². The highest BCUT2D eigenvalue weighted by atomic mass is 32.2. The Labute approximate surface area is 186 Å². The predicted molar refractivity (Wildman–Crippen MR) is 119 cm³/mol. The maximum absolute atomic E-state index is 12.6. The minimum absolute atomic E-state index is 0.0691. The van der Waals surface area contributed by atoms with Gasteiger partial charge in [-0.2, -0.15) is 18.4 Å². The number of rotatable bonds is 11. The van der Waals surface area contributed by atoms with E-state index in [1.54, 1.807) is 31.2 Å². The molecule has 0 spiro atoms. The lowest BCUT2D eigenvalue weighted by molar-refractivity contribution is -0.137. The Morgan fingerprint density at radius 2 is 1.72 bits per heavy atom. The van der Waals surface area contributed by atoms with E-state index in [2.05, 4.69) is 15.2 Å². The van der Waals surface area contributed by atoms with Crippen molar-refractivity contribution in [1.82, 2.24) is 4.83 Å². The first-order valence-corrected chi connectivity index (χ1v) is 11.0. The van der Waals surface area contributed by atoms with Crippen molar-refractivity contribution < 1.29 is 32.6 Å². The number of nitrogens with zero attached hydrogens (tertiary/aromatic N) is 1. The molecular formula is C21H25N3O7S. The third-order valence-electron chi connectivity index (χ3n) is 4.37. The third-order valence-corrected chi connectivity index (χ3v) is 5.62. The van der Waals surface area contributed by atoms with Crippen LogP contribution in [0.15, 0.2) is 52.5 Å². The maximum atomic E-state index is 12.6. The van der Waals surface area contributed by atoms with E-state index < -0.39 is 16.0 Å². The number of hydrogen-bond donors (Lipinski definition) is 3. The van der Waals surface area contributed by atoms with Crippen molar-refractivity contribution in [1.29, 1.82) is 0 Å². The molecule has 0 aliphatic carbocycles. The van der Waals surface area contributed by atoms with E-state index in [-0.39, 0.29) is 35.8 Å². The predicted octanol–water partition coefficient (Wildman–Crippen LogP) is 2.60. The normalized spacial score (nSPS) is 11.5. The number of nitrogens with one attached hydrogen (secondary N) is 2. The van der Waals surface area contributed by atoms with Crippen molar-refractivity contribution in [3.63, 3.8) is 0 Å². The topological polar surface area (TPSA) is 143 Å². The highest BCUT2D eigenvalue weighted by molar-refractivity contribution is 7.89. The van der Waals surface area contributed by atoms with Crippen molar-refractivity contribution in [3.8, 4) is 11.5 Å². The van der Waals surface area contributed by atoms with Gasteiger partial charge >= 0.3 is 5.97 Å². The Hall–Kier alpha value is -3.60. The first kappa shape index (κ1) is 24.7. The first-order chi connectivity index (χ1) is 15.2. The first-order valence-electron chi connectivity index (χ1n) is 9.56. The second-order valence-electron chi connectivity index (χ2n) is 6.68. The number of aliphatic carboxylic acids is 1. The highest BCUT2D eigenvalue weighted by Gasteiger charge is 2.20. The van der Waals surface area contributed by atoms with Crippen molar-refractivity contribution in [2.75, 3.05) is 19.5 Å². The summed E-state index contributed by atoms with van der Waals surface area (Å²) in [6, 6.07) is 11.0.